The Kier molecular flexibility index (Phi) is 5.56. The van der Waals surface area contributed by atoms with E-state index in [1.165, 1.54) is 5.56 Å². The fourth-order valence-electron chi connectivity index (χ4n) is 2.82. The summed E-state index contributed by atoms with van der Waals surface area (Å²) in [6.07, 6.45) is 7.48. The molecular formula is C16H26N4O. The van der Waals surface area contributed by atoms with Crippen LogP contribution in [0.5, 0.6) is 0 Å². The van der Waals surface area contributed by atoms with E-state index in [1.54, 1.807) is 0 Å². The maximum atomic E-state index is 11.7. The third-order valence-corrected chi connectivity index (χ3v) is 4.10. The molecule has 2 rings (SSSR count). The number of carbonyl (C=O) groups is 1. The van der Waals surface area contributed by atoms with Gasteiger partial charge in [-0.25, -0.2) is 4.98 Å². The number of amides is 1. The lowest BCUT2D eigenvalue weighted by Gasteiger charge is -2.22. The molecule has 0 radical (unpaired) electrons. The molecule has 1 aromatic rings. The molecule has 5 heteroatoms. The zero-order valence-electron chi connectivity index (χ0n) is 12.8. The lowest BCUT2D eigenvalue weighted by Crippen LogP contribution is -2.31. The van der Waals surface area contributed by atoms with Gasteiger partial charge in [-0.15, -0.1) is 0 Å². The van der Waals surface area contributed by atoms with Crippen molar-refractivity contribution in [1.82, 2.24) is 4.98 Å². The Morgan fingerprint density at radius 2 is 2.19 bits per heavy atom. The third kappa shape index (κ3) is 3.94. The van der Waals surface area contributed by atoms with Gasteiger partial charge in [-0.05, 0) is 43.7 Å². The van der Waals surface area contributed by atoms with Gasteiger partial charge in [-0.3, -0.25) is 4.79 Å². The van der Waals surface area contributed by atoms with E-state index >= 15 is 0 Å². The average molecular weight is 290 g/mol. The van der Waals surface area contributed by atoms with E-state index in [-0.39, 0.29) is 6.04 Å². The predicted molar refractivity (Wildman–Crippen MR) is 85.4 cm³/mol. The van der Waals surface area contributed by atoms with Gasteiger partial charge in [0.2, 0.25) is 0 Å². The number of aromatic nitrogens is 1. The first-order valence-corrected chi connectivity index (χ1v) is 7.94. The van der Waals surface area contributed by atoms with Crippen LogP contribution in [0.2, 0.25) is 0 Å². The van der Waals surface area contributed by atoms with Crippen LogP contribution in [0, 0.1) is 0 Å². The summed E-state index contributed by atoms with van der Waals surface area (Å²) in [6.45, 7) is 2.68. The number of rotatable bonds is 7. The molecule has 1 heterocycles. The minimum Gasteiger partial charge on any atom is -0.365 e. The topological polar surface area (TPSA) is 94.0 Å². The Balaban J connectivity index is 2.25. The van der Waals surface area contributed by atoms with Crippen molar-refractivity contribution in [3.8, 4) is 0 Å². The highest BCUT2D eigenvalue weighted by molar-refractivity contribution is 5.97. The second-order valence-corrected chi connectivity index (χ2v) is 5.78. The number of unbranched alkanes of at least 4 members (excludes halogenated alkanes) is 1. The van der Waals surface area contributed by atoms with E-state index in [1.807, 2.05) is 6.07 Å². The number of aryl methyl sites for hydroxylation is 2. The summed E-state index contributed by atoms with van der Waals surface area (Å²) in [5.41, 5.74) is 14.1. The van der Waals surface area contributed by atoms with Crippen molar-refractivity contribution in [1.29, 1.82) is 0 Å². The number of hydrogen-bond acceptors (Lipinski definition) is 4. The number of nitrogens with zero attached hydrogens (tertiary/aromatic N) is 1. The lowest BCUT2D eigenvalue weighted by atomic mass is 9.94. The summed E-state index contributed by atoms with van der Waals surface area (Å²) < 4.78 is 0. The van der Waals surface area contributed by atoms with E-state index in [0.717, 1.165) is 50.6 Å². The Morgan fingerprint density at radius 3 is 2.86 bits per heavy atom. The zero-order valence-corrected chi connectivity index (χ0v) is 12.8. The van der Waals surface area contributed by atoms with Crippen LogP contribution in [0.1, 0.15) is 60.6 Å². The Hall–Kier alpha value is -1.62. The van der Waals surface area contributed by atoms with Gasteiger partial charge in [0, 0.05) is 18.3 Å². The molecule has 0 fully saturated rings. The molecular weight excluding hydrogens is 264 g/mol. The van der Waals surface area contributed by atoms with Gasteiger partial charge in [0.25, 0.3) is 5.91 Å². The van der Waals surface area contributed by atoms with E-state index < -0.39 is 5.91 Å². The SMILES string of the molecule is CCCCC(CN)Nc1nc2c(cc1C(N)=O)CCCC2. The van der Waals surface area contributed by atoms with Gasteiger partial charge in [-0.1, -0.05) is 19.8 Å². The van der Waals surface area contributed by atoms with Crippen molar-refractivity contribution in [2.45, 2.75) is 57.9 Å². The monoisotopic (exact) mass is 290 g/mol. The second-order valence-electron chi connectivity index (χ2n) is 5.78. The van der Waals surface area contributed by atoms with Crippen LogP contribution in [0.25, 0.3) is 0 Å². The lowest BCUT2D eigenvalue weighted by molar-refractivity contribution is 0.100. The summed E-state index contributed by atoms with van der Waals surface area (Å²) in [4.78, 5) is 16.4. The second kappa shape index (κ2) is 7.41. The molecule has 0 saturated heterocycles. The molecule has 1 aromatic heterocycles. The molecule has 5 N–H and O–H groups in total. The molecule has 1 unspecified atom stereocenters. The van der Waals surface area contributed by atoms with Crippen LogP contribution >= 0.6 is 0 Å². The van der Waals surface area contributed by atoms with Crippen LogP contribution in [0.15, 0.2) is 6.07 Å². The summed E-state index contributed by atoms with van der Waals surface area (Å²) in [7, 11) is 0. The molecule has 0 bridgehead atoms. The van der Waals surface area contributed by atoms with Gasteiger partial charge in [-0.2, -0.15) is 0 Å². The average Bonchev–Trinajstić information content (AvgIpc) is 2.50. The number of primary amides is 1. The summed E-state index contributed by atoms with van der Waals surface area (Å²) in [5.74, 6) is 0.180. The molecule has 1 atom stereocenters. The fraction of sp³-hybridized carbons (Fsp3) is 0.625. The van der Waals surface area contributed by atoms with E-state index in [9.17, 15) is 4.79 Å². The molecule has 1 amide bonds. The van der Waals surface area contributed by atoms with E-state index in [2.05, 4.69) is 17.2 Å². The van der Waals surface area contributed by atoms with Crippen molar-refractivity contribution >= 4 is 11.7 Å². The predicted octanol–water partition coefficient (Wildman–Crippen LogP) is 1.99. The first kappa shape index (κ1) is 15.8. The number of fused-ring (bicyclic) bond motifs is 1. The Labute approximate surface area is 126 Å². The molecule has 1 aliphatic rings. The normalized spacial score (nSPS) is 15.3. The quantitative estimate of drug-likeness (QED) is 0.715. The number of pyridine rings is 1. The first-order chi connectivity index (χ1) is 10.2. The third-order valence-electron chi connectivity index (χ3n) is 4.10. The first-order valence-electron chi connectivity index (χ1n) is 7.94. The molecule has 1 aliphatic carbocycles. The number of anilines is 1. The summed E-state index contributed by atoms with van der Waals surface area (Å²) in [6, 6.07) is 2.05. The highest BCUT2D eigenvalue weighted by Gasteiger charge is 2.19. The summed E-state index contributed by atoms with van der Waals surface area (Å²) in [5, 5.41) is 3.33. The zero-order chi connectivity index (χ0) is 15.2. The molecule has 0 aliphatic heterocycles. The number of hydrogen-bond donors (Lipinski definition) is 3. The minimum atomic E-state index is -0.426. The minimum absolute atomic E-state index is 0.136. The van der Waals surface area contributed by atoms with Crippen molar-refractivity contribution in [2.24, 2.45) is 11.5 Å². The van der Waals surface area contributed by atoms with Crippen LogP contribution in [-0.2, 0) is 12.8 Å². The van der Waals surface area contributed by atoms with Crippen LogP contribution in [0.3, 0.4) is 0 Å². The van der Waals surface area contributed by atoms with Gasteiger partial charge >= 0.3 is 0 Å². The van der Waals surface area contributed by atoms with Crippen LogP contribution in [-0.4, -0.2) is 23.5 Å². The largest absolute Gasteiger partial charge is 0.365 e. The maximum absolute atomic E-state index is 11.7. The maximum Gasteiger partial charge on any atom is 0.252 e. The van der Waals surface area contributed by atoms with E-state index in [4.69, 9.17) is 11.5 Å². The van der Waals surface area contributed by atoms with Crippen molar-refractivity contribution < 1.29 is 4.79 Å². The fourth-order valence-corrected chi connectivity index (χ4v) is 2.82. The van der Waals surface area contributed by atoms with Crippen molar-refractivity contribution in [2.75, 3.05) is 11.9 Å². The standard InChI is InChI=1S/C16H26N4O/c1-2-3-7-12(10-17)19-16-13(15(18)21)9-11-6-4-5-8-14(11)20-16/h9,12H,2-8,10,17H2,1H3,(H2,18,21)(H,19,20). The van der Waals surface area contributed by atoms with E-state index in [0.29, 0.717) is 17.9 Å². The summed E-state index contributed by atoms with van der Waals surface area (Å²) >= 11 is 0. The number of nitrogens with two attached hydrogens (primary N) is 2. The molecule has 0 spiro atoms. The molecule has 21 heavy (non-hydrogen) atoms. The van der Waals surface area contributed by atoms with Crippen molar-refractivity contribution in [3.63, 3.8) is 0 Å². The highest BCUT2D eigenvalue weighted by Crippen LogP contribution is 2.25. The van der Waals surface area contributed by atoms with Crippen LogP contribution in [0.4, 0.5) is 5.82 Å². The Morgan fingerprint density at radius 1 is 1.43 bits per heavy atom. The van der Waals surface area contributed by atoms with Gasteiger partial charge in [0.15, 0.2) is 0 Å². The van der Waals surface area contributed by atoms with Gasteiger partial charge < -0.3 is 16.8 Å². The van der Waals surface area contributed by atoms with Gasteiger partial charge in [0.1, 0.15) is 5.82 Å². The smallest absolute Gasteiger partial charge is 0.252 e. The number of carbonyl (C=O) groups excluding carboxylic acids is 1. The van der Waals surface area contributed by atoms with Crippen LogP contribution < -0.4 is 16.8 Å². The molecule has 116 valence electrons. The van der Waals surface area contributed by atoms with Gasteiger partial charge in [0.05, 0.1) is 5.56 Å². The molecule has 5 nitrogen and oxygen atoms in total. The highest BCUT2D eigenvalue weighted by atomic mass is 16.1. The number of nitrogens with one attached hydrogen (secondary N) is 1. The Bertz CT molecular complexity index is 501. The molecule has 0 saturated carbocycles. The molecule has 0 aromatic carbocycles. The van der Waals surface area contributed by atoms with Crippen molar-refractivity contribution in [3.05, 3.63) is 22.9 Å².